The summed E-state index contributed by atoms with van der Waals surface area (Å²) in [6.07, 6.45) is 0. The van der Waals surface area contributed by atoms with Crippen molar-refractivity contribution in [3.8, 4) is 5.75 Å². The molecule has 0 spiro atoms. The molecular formula is C10H12ClNO2. The number of rotatable bonds is 4. The van der Waals surface area contributed by atoms with E-state index in [1.807, 2.05) is 6.07 Å². The predicted molar refractivity (Wildman–Crippen MR) is 56.0 cm³/mol. The summed E-state index contributed by atoms with van der Waals surface area (Å²) in [4.78, 5) is 11.5. The monoisotopic (exact) mass is 213 g/mol. The Labute approximate surface area is 88.0 Å². The van der Waals surface area contributed by atoms with Gasteiger partial charge in [0.25, 0.3) is 5.91 Å². The SMILES string of the molecule is COc1ccccc1C(=O)NCCCl. The molecule has 4 heteroatoms. The van der Waals surface area contributed by atoms with Crippen molar-refractivity contribution in [3.05, 3.63) is 29.8 Å². The Kier molecular flexibility index (Phi) is 4.26. The van der Waals surface area contributed by atoms with Crippen molar-refractivity contribution in [1.29, 1.82) is 0 Å². The lowest BCUT2D eigenvalue weighted by Gasteiger charge is -2.07. The number of alkyl halides is 1. The summed E-state index contributed by atoms with van der Waals surface area (Å²) in [7, 11) is 1.54. The van der Waals surface area contributed by atoms with Crippen LogP contribution in [0.25, 0.3) is 0 Å². The Balaban J connectivity index is 2.78. The molecule has 0 aliphatic rings. The second-order valence-corrected chi connectivity index (χ2v) is 3.02. The Morgan fingerprint density at radius 1 is 1.50 bits per heavy atom. The van der Waals surface area contributed by atoms with E-state index in [4.69, 9.17) is 16.3 Å². The summed E-state index contributed by atoms with van der Waals surface area (Å²) in [6, 6.07) is 7.06. The standard InChI is InChI=1S/C10H12ClNO2/c1-14-9-5-3-2-4-8(9)10(13)12-7-6-11/h2-5H,6-7H2,1H3,(H,12,13). The molecule has 0 aliphatic heterocycles. The average molecular weight is 214 g/mol. The molecule has 0 heterocycles. The molecule has 0 fully saturated rings. The molecule has 0 bridgehead atoms. The van der Waals surface area contributed by atoms with Crippen LogP contribution in [0.3, 0.4) is 0 Å². The van der Waals surface area contributed by atoms with E-state index in [1.54, 1.807) is 18.2 Å². The van der Waals surface area contributed by atoms with Crippen LogP contribution in [0.2, 0.25) is 0 Å². The third kappa shape index (κ3) is 2.64. The maximum Gasteiger partial charge on any atom is 0.255 e. The Morgan fingerprint density at radius 2 is 2.21 bits per heavy atom. The number of carbonyl (C=O) groups excluding carboxylic acids is 1. The summed E-state index contributed by atoms with van der Waals surface area (Å²) in [5.74, 6) is 0.809. The lowest BCUT2D eigenvalue weighted by Crippen LogP contribution is -2.25. The van der Waals surface area contributed by atoms with Crippen molar-refractivity contribution in [1.82, 2.24) is 5.32 Å². The van der Waals surface area contributed by atoms with Gasteiger partial charge in [0.2, 0.25) is 0 Å². The first-order valence-corrected chi connectivity index (χ1v) is 4.80. The first-order chi connectivity index (χ1) is 6.79. The number of nitrogens with one attached hydrogen (secondary N) is 1. The van der Waals surface area contributed by atoms with E-state index >= 15 is 0 Å². The Hall–Kier alpha value is -1.22. The van der Waals surface area contributed by atoms with Gasteiger partial charge in [-0.15, -0.1) is 11.6 Å². The largest absolute Gasteiger partial charge is 0.496 e. The van der Waals surface area contributed by atoms with E-state index in [1.165, 1.54) is 7.11 Å². The van der Waals surface area contributed by atoms with Crippen molar-refractivity contribution in [2.24, 2.45) is 0 Å². The van der Waals surface area contributed by atoms with E-state index in [0.29, 0.717) is 23.7 Å². The zero-order valence-corrected chi connectivity index (χ0v) is 8.67. The molecule has 1 amide bonds. The molecular weight excluding hydrogens is 202 g/mol. The van der Waals surface area contributed by atoms with Crippen LogP contribution in [0.5, 0.6) is 5.75 Å². The van der Waals surface area contributed by atoms with E-state index in [9.17, 15) is 4.79 Å². The van der Waals surface area contributed by atoms with Crippen LogP contribution in [0.1, 0.15) is 10.4 Å². The van der Waals surface area contributed by atoms with Crippen LogP contribution in [-0.2, 0) is 0 Å². The van der Waals surface area contributed by atoms with Gasteiger partial charge < -0.3 is 10.1 Å². The maximum atomic E-state index is 11.5. The summed E-state index contributed by atoms with van der Waals surface area (Å²) in [5, 5.41) is 2.67. The van der Waals surface area contributed by atoms with Crippen LogP contribution in [0.4, 0.5) is 0 Å². The second kappa shape index (κ2) is 5.50. The minimum Gasteiger partial charge on any atom is -0.496 e. The van der Waals surface area contributed by atoms with Crippen molar-refractivity contribution in [3.63, 3.8) is 0 Å². The predicted octanol–water partition coefficient (Wildman–Crippen LogP) is 1.66. The normalized spacial score (nSPS) is 9.57. The number of hydrogen-bond acceptors (Lipinski definition) is 2. The van der Waals surface area contributed by atoms with Gasteiger partial charge in [0.15, 0.2) is 0 Å². The lowest BCUT2D eigenvalue weighted by molar-refractivity contribution is 0.0953. The number of carbonyl (C=O) groups is 1. The molecule has 0 aromatic heterocycles. The van der Waals surface area contributed by atoms with Crippen molar-refractivity contribution in [2.75, 3.05) is 19.5 Å². The third-order valence-electron chi connectivity index (χ3n) is 1.73. The van der Waals surface area contributed by atoms with Crippen molar-refractivity contribution < 1.29 is 9.53 Å². The topological polar surface area (TPSA) is 38.3 Å². The zero-order valence-electron chi connectivity index (χ0n) is 7.92. The van der Waals surface area contributed by atoms with Crippen molar-refractivity contribution in [2.45, 2.75) is 0 Å². The van der Waals surface area contributed by atoms with Gasteiger partial charge in [0.05, 0.1) is 12.7 Å². The highest BCUT2D eigenvalue weighted by Crippen LogP contribution is 2.16. The maximum absolute atomic E-state index is 11.5. The molecule has 0 radical (unpaired) electrons. The first kappa shape index (κ1) is 10.9. The molecule has 0 saturated heterocycles. The van der Waals surface area contributed by atoms with E-state index in [-0.39, 0.29) is 5.91 Å². The number of halogens is 1. The fourth-order valence-electron chi connectivity index (χ4n) is 1.09. The number of para-hydroxylation sites is 1. The number of benzene rings is 1. The molecule has 1 aromatic carbocycles. The lowest BCUT2D eigenvalue weighted by atomic mass is 10.2. The second-order valence-electron chi connectivity index (χ2n) is 2.65. The smallest absolute Gasteiger partial charge is 0.255 e. The highest BCUT2D eigenvalue weighted by molar-refractivity contribution is 6.18. The fraction of sp³-hybridized carbons (Fsp3) is 0.300. The van der Waals surface area contributed by atoms with Crippen LogP contribution in [0.15, 0.2) is 24.3 Å². The average Bonchev–Trinajstić information content (AvgIpc) is 2.25. The van der Waals surface area contributed by atoms with Gasteiger partial charge in [-0.05, 0) is 12.1 Å². The van der Waals surface area contributed by atoms with E-state index < -0.39 is 0 Å². The van der Waals surface area contributed by atoms with Gasteiger partial charge >= 0.3 is 0 Å². The molecule has 0 unspecified atom stereocenters. The minimum absolute atomic E-state index is 0.164. The number of methoxy groups -OCH3 is 1. The number of hydrogen-bond donors (Lipinski definition) is 1. The minimum atomic E-state index is -0.164. The van der Waals surface area contributed by atoms with Gasteiger partial charge in [-0.2, -0.15) is 0 Å². The summed E-state index contributed by atoms with van der Waals surface area (Å²) in [5.41, 5.74) is 0.528. The van der Waals surface area contributed by atoms with Crippen LogP contribution >= 0.6 is 11.6 Å². The van der Waals surface area contributed by atoms with Gasteiger partial charge in [0, 0.05) is 12.4 Å². The molecule has 3 nitrogen and oxygen atoms in total. The van der Waals surface area contributed by atoms with Gasteiger partial charge in [0.1, 0.15) is 5.75 Å². The van der Waals surface area contributed by atoms with Crippen molar-refractivity contribution >= 4 is 17.5 Å². The summed E-state index contributed by atoms with van der Waals surface area (Å²) < 4.78 is 5.05. The quantitative estimate of drug-likeness (QED) is 0.773. The molecule has 1 N–H and O–H groups in total. The van der Waals surface area contributed by atoms with Crippen LogP contribution < -0.4 is 10.1 Å². The van der Waals surface area contributed by atoms with E-state index in [2.05, 4.69) is 5.32 Å². The van der Waals surface area contributed by atoms with Gasteiger partial charge in [-0.25, -0.2) is 0 Å². The molecule has 76 valence electrons. The third-order valence-corrected chi connectivity index (χ3v) is 1.92. The van der Waals surface area contributed by atoms with Gasteiger partial charge in [-0.1, -0.05) is 12.1 Å². The highest BCUT2D eigenvalue weighted by Gasteiger charge is 2.09. The highest BCUT2D eigenvalue weighted by atomic mass is 35.5. The first-order valence-electron chi connectivity index (χ1n) is 4.26. The molecule has 0 aliphatic carbocycles. The Morgan fingerprint density at radius 3 is 2.86 bits per heavy atom. The fourth-order valence-corrected chi connectivity index (χ4v) is 1.18. The summed E-state index contributed by atoms with van der Waals surface area (Å²) in [6.45, 7) is 0.457. The molecule has 1 rings (SSSR count). The summed E-state index contributed by atoms with van der Waals surface area (Å²) >= 11 is 5.46. The number of amides is 1. The van der Waals surface area contributed by atoms with Crippen LogP contribution in [-0.4, -0.2) is 25.4 Å². The van der Waals surface area contributed by atoms with Crippen LogP contribution in [0, 0.1) is 0 Å². The molecule has 0 saturated carbocycles. The molecule has 1 aromatic rings. The number of ether oxygens (including phenoxy) is 1. The molecule has 0 atom stereocenters. The van der Waals surface area contributed by atoms with Gasteiger partial charge in [-0.3, -0.25) is 4.79 Å². The zero-order chi connectivity index (χ0) is 10.4. The van der Waals surface area contributed by atoms with E-state index in [0.717, 1.165) is 0 Å². The Bertz CT molecular complexity index is 315. The molecule has 14 heavy (non-hydrogen) atoms.